The molecule has 0 atom stereocenters. The van der Waals surface area contributed by atoms with Crippen molar-refractivity contribution in [3.05, 3.63) is 53.8 Å². The zero-order valence-electron chi connectivity index (χ0n) is 13.0. The Hall–Kier alpha value is -2.56. The third-order valence-electron chi connectivity index (χ3n) is 4.02. The van der Waals surface area contributed by atoms with Crippen LogP contribution >= 0.6 is 0 Å². The number of ether oxygens (including phenoxy) is 1. The van der Waals surface area contributed by atoms with Gasteiger partial charge in [-0.05, 0) is 43.2 Å². The molecule has 0 radical (unpaired) electrons. The molecule has 1 fully saturated rings. The van der Waals surface area contributed by atoms with E-state index < -0.39 is 5.82 Å². The van der Waals surface area contributed by atoms with Crippen LogP contribution in [-0.2, 0) is 0 Å². The third kappa shape index (κ3) is 3.28. The number of halogens is 1. The molecule has 1 amide bonds. The predicted octanol–water partition coefficient (Wildman–Crippen LogP) is 3.69. The summed E-state index contributed by atoms with van der Waals surface area (Å²) in [5, 5.41) is 2.64. The summed E-state index contributed by atoms with van der Waals surface area (Å²) in [4.78, 5) is 14.6. The summed E-state index contributed by atoms with van der Waals surface area (Å²) in [7, 11) is 1.50. The third-order valence-corrected chi connectivity index (χ3v) is 4.02. The lowest BCUT2D eigenvalue weighted by atomic mass is 10.1. The Morgan fingerprint density at radius 3 is 2.65 bits per heavy atom. The lowest BCUT2D eigenvalue weighted by Crippen LogP contribution is -2.19. The van der Waals surface area contributed by atoms with Crippen LogP contribution < -0.4 is 15.0 Å². The molecule has 1 aliphatic heterocycles. The first-order chi connectivity index (χ1) is 11.2. The van der Waals surface area contributed by atoms with Crippen molar-refractivity contribution in [1.82, 2.24) is 0 Å². The van der Waals surface area contributed by atoms with Gasteiger partial charge in [0.15, 0.2) is 0 Å². The monoisotopic (exact) mass is 314 g/mol. The Morgan fingerprint density at radius 2 is 1.91 bits per heavy atom. The van der Waals surface area contributed by atoms with Crippen LogP contribution in [0.25, 0.3) is 0 Å². The molecule has 1 saturated heterocycles. The van der Waals surface area contributed by atoms with Gasteiger partial charge in [0.1, 0.15) is 11.6 Å². The molecule has 1 N–H and O–H groups in total. The summed E-state index contributed by atoms with van der Waals surface area (Å²) in [5.74, 6) is -0.378. The molecule has 2 aromatic rings. The number of hydrogen-bond donors (Lipinski definition) is 1. The summed E-state index contributed by atoms with van der Waals surface area (Å²) in [6, 6.07) is 11.7. The van der Waals surface area contributed by atoms with E-state index in [1.54, 1.807) is 36.4 Å². The fraction of sp³-hybridized carbons (Fsp3) is 0.278. The van der Waals surface area contributed by atoms with Crippen LogP contribution in [0.5, 0.6) is 5.75 Å². The minimum absolute atomic E-state index is 0.185. The van der Waals surface area contributed by atoms with E-state index in [9.17, 15) is 9.18 Å². The van der Waals surface area contributed by atoms with Gasteiger partial charge in [0.2, 0.25) is 0 Å². The standard InChI is InChI=1S/C18H19FN2O2/c1-23-17-7-3-2-6-14(17)18(22)20-16-12-13(8-9-15(16)19)21-10-4-5-11-21/h2-3,6-9,12H,4-5,10-11H2,1H3,(H,20,22). The summed E-state index contributed by atoms with van der Waals surface area (Å²) < 4.78 is 19.2. The van der Waals surface area contributed by atoms with Gasteiger partial charge in [-0.1, -0.05) is 12.1 Å². The molecule has 0 saturated carbocycles. The first-order valence-electron chi connectivity index (χ1n) is 7.68. The van der Waals surface area contributed by atoms with Gasteiger partial charge in [-0.25, -0.2) is 4.39 Å². The molecule has 0 aliphatic carbocycles. The normalized spacial score (nSPS) is 13.9. The SMILES string of the molecule is COc1ccccc1C(=O)Nc1cc(N2CCCC2)ccc1F. The van der Waals surface area contributed by atoms with Crippen LogP contribution in [0.3, 0.4) is 0 Å². The zero-order chi connectivity index (χ0) is 16.2. The highest BCUT2D eigenvalue weighted by Gasteiger charge is 2.17. The topological polar surface area (TPSA) is 41.6 Å². The van der Waals surface area contributed by atoms with Crippen molar-refractivity contribution in [2.45, 2.75) is 12.8 Å². The summed E-state index contributed by atoms with van der Waals surface area (Å²) in [5.41, 5.74) is 1.49. The van der Waals surface area contributed by atoms with Crippen LogP contribution in [0.4, 0.5) is 15.8 Å². The van der Waals surface area contributed by atoms with Gasteiger partial charge in [0, 0.05) is 18.8 Å². The molecule has 2 aromatic carbocycles. The van der Waals surface area contributed by atoms with E-state index in [1.165, 1.54) is 13.2 Å². The fourth-order valence-electron chi connectivity index (χ4n) is 2.80. The average Bonchev–Trinajstić information content (AvgIpc) is 3.11. The van der Waals surface area contributed by atoms with E-state index in [4.69, 9.17) is 4.74 Å². The first kappa shape index (κ1) is 15.3. The number of carbonyl (C=O) groups is 1. The fourth-order valence-corrected chi connectivity index (χ4v) is 2.80. The second-order valence-corrected chi connectivity index (χ2v) is 5.51. The van der Waals surface area contributed by atoms with Crippen LogP contribution in [0.15, 0.2) is 42.5 Å². The molecule has 120 valence electrons. The minimum Gasteiger partial charge on any atom is -0.496 e. The van der Waals surface area contributed by atoms with E-state index in [-0.39, 0.29) is 11.6 Å². The van der Waals surface area contributed by atoms with Crippen LogP contribution in [0, 0.1) is 5.82 Å². The van der Waals surface area contributed by atoms with E-state index >= 15 is 0 Å². The molecule has 0 aromatic heterocycles. The number of carbonyl (C=O) groups excluding carboxylic acids is 1. The lowest BCUT2D eigenvalue weighted by molar-refractivity contribution is 0.102. The predicted molar refractivity (Wildman–Crippen MR) is 88.8 cm³/mol. The average molecular weight is 314 g/mol. The van der Waals surface area contributed by atoms with E-state index in [1.807, 2.05) is 0 Å². The highest BCUT2D eigenvalue weighted by atomic mass is 19.1. The Labute approximate surface area is 134 Å². The maximum atomic E-state index is 14.1. The van der Waals surface area contributed by atoms with E-state index in [0.717, 1.165) is 31.6 Å². The second kappa shape index (κ2) is 6.69. The van der Waals surface area contributed by atoms with Gasteiger partial charge < -0.3 is 15.0 Å². The number of nitrogens with zero attached hydrogens (tertiary/aromatic N) is 1. The molecular weight excluding hydrogens is 295 g/mol. The number of anilines is 2. The number of methoxy groups -OCH3 is 1. The molecule has 5 heteroatoms. The molecule has 1 aliphatic rings. The number of rotatable bonds is 4. The maximum absolute atomic E-state index is 14.1. The minimum atomic E-state index is -0.448. The summed E-state index contributed by atoms with van der Waals surface area (Å²) in [6.07, 6.45) is 2.28. The Morgan fingerprint density at radius 1 is 1.17 bits per heavy atom. The number of para-hydroxylation sites is 1. The van der Waals surface area contributed by atoms with Crippen molar-refractivity contribution in [3.63, 3.8) is 0 Å². The summed E-state index contributed by atoms with van der Waals surface area (Å²) >= 11 is 0. The van der Waals surface area contributed by atoms with Gasteiger partial charge in [-0.15, -0.1) is 0 Å². The Kier molecular flexibility index (Phi) is 4.46. The molecule has 23 heavy (non-hydrogen) atoms. The number of hydrogen-bond acceptors (Lipinski definition) is 3. The quantitative estimate of drug-likeness (QED) is 0.936. The van der Waals surface area contributed by atoms with Crippen molar-refractivity contribution >= 4 is 17.3 Å². The van der Waals surface area contributed by atoms with Crippen molar-refractivity contribution in [2.75, 3.05) is 30.4 Å². The molecular formula is C18H19FN2O2. The van der Waals surface area contributed by atoms with Crippen molar-refractivity contribution < 1.29 is 13.9 Å². The van der Waals surface area contributed by atoms with E-state index in [0.29, 0.717) is 11.3 Å². The Balaban J connectivity index is 1.84. The zero-order valence-corrected chi connectivity index (χ0v) is 13.0. The molecule has 4 nitrogen and oxygen atoms in total. The van der Waals surface area contributed by atoms with Crippen LogP contribution in [0.2, 0.25) is 0 Å². The van der Waals surface area contributed by atoms with E-state index in [2.05, 4.69) is 10.2 Å². The number of amides is 1. The molecule has 0 bridgehead atoms. The maximum Gasteiger partial charge on any atom is 0.259 e. The molecule has 0 unspecified atom stereocenters. The highest BCUT2D eigenvalue weighted by molar-refractivity contribution is 6.06. The number of benzene rings is 2. The summed E-state index contributed by atoms with van der Waals surface area (Å²) in [6.45, 7) is 1.93. The van der Waals surface area contributed by atoms with Gasteiger partial charge >= 0.3 is 0 Å². The van der Waals surface area contributed by atoms with Gasteiger partial charge in [0.25, 0.3) is 5.91 Å². The van der Waals surface area contributed by atoms with Crippen molar-refractivity contribution in [3.8, 4) is 5.75 Å². The van der Waals surface area contributed by atoms with Gasteiger partial charge in [0.05, 0.1) is 18.4 Å². The Bertz CT molecular complexity index is 712. The van der Waals surface area contributed by atoms with Crippen LogP contribution in [-0.4, -0.2) is 26.1 Å². The molecule has 1 heterocycles. The largest absolute Gasteiger partial charge is 0.496 e. The molecule has 0 spiro atoms. The molecule has 3 rings (SSSR count). The van der Waals surface area contributed by atoms with Crippen molar-refractivity contribution in [1.29, 1.82) is 0 Å². The first-order valence-corrected chi connectivity index (χ1v) is 7.68. The van der Waals surface area contributed by atoms with Gasteiger partial charge in [-0.3, -0.25) is 4.79 Å². The second-order valence-electron chi connectivity index (χ2n) is 5.51. The van der Waals surface area contributed by atoms with Gasteiger partial charge in [-0.2, -0.15) is 0 Å². The number of nitrogens with one attached hydrogen (secondary N) is 1. The van der Waals surface area contributed by atoms with Crippen molar-refractivity contribution in [2.24, 2.45) is 0 Å². The smallest absolute Gasteiger partial charge is 0.259 e. The lowest BCUT2D eigenvalue weighted by Gasteiger charge is -2.19. The highest BCUT2D eigenvalue weighted by Crippen LogP contribution is 2.27. The van der Waals surface area contributed by atoms with Crippen LogP contribution in [0.1, 0.15) is 23.2 Å².